The van der Waals surface area contributed by atoms with Gasteiger partial charge in [-0.2, -0.15) is 0 Å². The zero-order chi connectivity index (χ0) is 26.7. The number of aliphatic carboxylic acids is 2. The highest BCUT2D eigenvalue weighted by atomic mass is 16.4. The molecule has 1 rings (SSSR count). The first-order valence-corrected chi connectivity index (χ1v) is 10.8. The second-order valence-corrected chi connectivity index (χ2v) is 8.08. The van der Waals surface area contributed by atoms with Gasteiger partial charge in [0, 0.05) is 12.8 Å². The standard InChI is InChI=1S/C22H32N4O9/c1-11(27)17(23)20(32)24-14(8-9-16(29)30)19(31)26-18(12(2)28)21(33)25-15(22(34)35)10-13-6-4-3-5-7-13/h3-7,11-12,14-15,17-18,27-28H,8-10,23H2,1-2H3,(H,24,32)(H,25,33)(H,26,31)(H,29,30)(H,34,35). The summed E-state index contributed by atoms with van der Waals surface area (Å²) in [7, 11) is 0. The van der Waals surface area contributed by atoms with E-state index in [2.05, 4.69) is 16.0 Å². The highest BCUT2D eigenvalue weighted by Crippen LogP contribution is 2.06. The number of carbonyl (C=O) groups excluding carboxylic acids is 3. The molecule has 0 bridgehead atoms. The maximum atomic E-state index is 12.8. The molecule has 194 valence electrons. The topological polar surface area (TPSA) is 228 Å². The number of amides is 3. The fourth-order valence-electron chi connectivity index (χ4n) is 2.99. The van der Waals surface area contributed by atoms with Crippen LogP contribution in [-0.4, -0.2) is 86.5 Å². The van der Waals surface area contributed by atoms with Gasteiger partial charge >= 0.3 is 11.9 Å². The van der Waals surface area contributed by atoms with Crippen molar-refractivity contribution in [2.24, 2.45) is 5.73 Å². The van der Waals surface area contributed by atoms with Gasteiger partial charge in [0.2, 0.25) is 17.7 Å². The SMILES string of the molecule is CC(O)C(N)C(=O)NC(CCC(=O)O)C(=O)NC(C(=O)NC(Cc1ccccc1)C(=O)O)C(C)O. The van der Waals surface area contributed by atoms with Crippen molar-refractivity contribution in [2.45, 2.75) is 69.5 Å². The molecule has 9 N–H and O–H groups in total. The Morgan fingerprint density at radius 1 is 0.829 bits per heavy atom. The van der Waals surface area contributed by atoms with Gasteiger partial charge in [-0.15, -0.1) is 0 Å². The summed E-state index contributed by atoms with van der Waals surface area (Å²) in [6, 6.07) is 2.63. The number of hydrogen-bond donors (Lipinski definition) is 8. The first kappa shape index (κ1) is 29.5. The van der Waals surface area contributed by atoms with E-state index in [1.165, 1.54) is 13.8 Å². The van der Waals surface area contributed by atoms with E-state index in [0.717, 1.165) is 0 Å². The third-order valence-corrected chi connectivity index (χ3v) is 5.06. The van der Waals surface area contributed by atoms with Crippen LogP contribution in [0.3, 0.4) is 0 Å². The lowest BCUT2D eigenvalue weighted by Gasteiger charge is -2.26. The van der Waals surface area contributed by atoms with Crippen molar-refractivity contribution in [1.82, 2.24) is 16.0 Å². The molecule has 1 aromatic rings. The number of carbonyl (C=O) groups is 5. The summed E-state index contributed by atoms with van der Waals surface area (Å²) in [6.07, 6.45) is -3.69. The monoisotopic (exact) mass is 496 g/mol. The zero-order valence-corrected chi connectivity index (χ0v) is 19.4. The lowest BCUT2D eigenvalue weighted by atomic mass is 10.0. The summed E-state index contributed by atoms with van der Waals surface area (Å²) in [5.74, 6) is -5.53. The van der Waals surface area contributed by atoms with E-state index in [-0.39, 0.29) is 12.8 Å². The van der Waals surface area contributed by atoms with E-state index in [0.29, 0.717) is 5.56 Å². The molecule has 35 heavy (non-hydrogen) atoms. The van der Waals surface area contributed by atoms with Crippen LogP contribution in [0.2, 0.25) is 0 Å². The molecule has 0 aliphatic heterocycles. The van der Waals surface area contributed by atoms with Crippen molar-refractivity contribution < 1.29 is 44.4 Å². The molecular formula is C22H32N4O9. The van der Waals surface area contributed by atoms with Crippen LogP contribution in [-0.2, 0) is 30.4 Å². The number of benzene rings is 1. The van der Waals surface area contributed by atoms with E-state index in [1.54, 1.807) is 30.3 Å². The molecule has 13 nitrogen and oxygen atoms in total. The van der Waals surface area contributed by atoms with Crippen molar-refractivity contribution >= 4 is 29.7 Å². The number of aliphatic hydroxyl groups is 2. The lowest BCUT2D eigenvalue weighted by molar-refractivity contribution is -0.143. The Kier molecular flexibility index (Phi) is 11.8. The highest BCUT2D eigenvalue weighted by molar-refractivity contribution is 5.94. The fourth-order valence-corrected chi connectivity index (χ4v) is 2.99. The first-order chi connectivity index (χ1) is 16.3. The number of carboxylic acid groups (broad SMARTS) is 2. The van der Waals surface area contributed by atoms with Gasteiger partial charge in [0.05, 0.1) is 12.2 Å². The van der Waals surface area contributed by atoms with E-state index in [1.807, 2.05) is 0 Å². The number of rotatable bonds is 14. The smallest absolute Gasteiger partial charge is 0.326 e. The molecule has 0 fully saturated rings. The van der Waals surface area contributed by atoms with Crippen LogP contribution in [0.1, 0.15) is 32.3 Å². The van der Waals surface area contributed by atoms with E-state index >= 15 is 0 Å². The zero-order valence-electron chi connectivity index (χ0n) is 19.4. The Bertz CT molecular complexity index is 892. The second-order valence-electron chi connectivity index (χ2n) is 8.08. The average molecular weight is 497 g/mol. The molecule has 0 saturated heterocycles. The van der Waals surface area contributed by atoms with E-state index < -0.39 is 72.5 Å². The molecule has 13 heteroatoms. The van der Waals surface area contributed by atoms with Crippen molar-refractivity contribution in [2.75, 3.05) is 0 Å². The van der Waals surface area contributed by atoms with E-state index in [4.69, 9.17) is 10.8 Å². The summed E-state index contributed by atoms with van der Waals surface area (Å²) in [4.78, 5) is 60.3. The molecule has 6 atom stereocenters. The minimum absolute atomic E-state index is 0.0586. The van der Waals surface area contributed by atoms with Gasteiger partial charge in [0.15, 0.2) is 0 Å². The quantitative estimate of drug-likeness (QED) is 0.138. The average Bonchev–Trinajstić information content (AvgIpc) is 2.78. The molecule has 0 spiro atoms. The van der Waals surface area contributed by atoms with Gasteiger partial charge in [-0.05, 0) is 25.8 Å². The highest BCUT2D eigenvalue weighted by Gasteiger charge is 2.33. The molecule has 0 aromatic heterocycles. The van der Waals surface area contributed by atoms with Crippen LogP contribution in [0.4, 0.5) is 0 Å². The van der Waals surface area contributed by atoms with Crippen molar-refractivity contribution in [3.8, 4) is 0 Å². The van der Waals surface area contributed by atoms with E-state index in [9.17, 15) is 39.3 Å². The van der Waals surface area contributed by atoms with Crippen LogP contribution in [0.5, 0.6) is 0 Å². The number of nitrogens with two attached hydrogens (primary N) is 1. The summed E-state index contributed by atoms with van der Waals surface area (Å²) in [5.41, 5.74) is 6.17. The van der Waals surface area contributed by atoms with Crippen LogP contribution in [0.25, 0.3) is 0 Å². The minimum Gasteiger partial charge on any atom is -0.481 e. The molecule has 0 aliphatic rings. The van der Waals surface area contributed by atoms with Gasteiger partial charge in [-0.3, -0.25) is 19.2 Å². The fraction of sp³-hybridized carbons (Fsp3) is 0.500. The molecule has 0 saturated carbocycles. The van der Waals surface area contributed by atoms with Crippen molar-refractivity contribution in [3.63, 3.8) is 0 Å². The van der Waals surface area contributed by atoms with Gasteiger partial charge in [-0.1, -0.05) is 30.3 Å². The van der Waals surface area contributed by atoms with Crippen LogP contribution < -0.4 is 21.7 Å². The Morgan fingerprint density at radius 2 is 1.40 bits per heavy atom. The lowest BCUT2D eigenvalue weighted by Crippen LogP contribution is -2.60. The molecule has 3 amide bonds. The Morgan fingerprint density at radius 3 is 1.89 bits per heavy atom. The number of hydrogen-bond acceptors (Lipinski definition) is 8. The van der Waals surface area contributed by atoms with Crippen LogP contribution in [0.15, 0.2) is 30.3 Å². The third kappa shape index (κ3) is 10.1. The number of nitrogens with one attached hydrogen (secondary N) is 3. The van der Waals surface area contributed by atoms with Gasteiger partial charge < -0.3 is 42.1 Å². The minimum atomic E-state index is -1.62. The summed E-state index contributed by atoms with van der Waals surface area (Å²) in [6.45, 7) is 2.43. The largest absolute Gasteiger partial charge is 0.481 e. The summed E-state index contributed by atoms with van der Waals surface area (Å²) >= 11 is 0. The Hall–Kier alpha value is -3.55. The number of carboxylic acids is 2. The van der Waals surface area contributed by atoms with Gasteiger partial charge in [0.25, 0.3) is 0 Å². The maximum absolute atomic E-state index is 12.8. The Labute approximate surface area is 201 Å². The third-order valence-electron chi connectivity index (χ3n) is 5.06. The normalized spacial score (nSPS) is 16.0. The second kappa shape index (κ2) is 14.0. The van der Waals surface area contributed by atoms with Crippen LogP contribution >= 0.6 is 0 Å². The molecule has 0 heterocycles. The summed E-state index contributed by atoms with van der Waals surface area (Å²) < 4.78 is 0. The molecule has 1 aromatic carbocycles. The Balaban J connectivity index is 2.99. The molecule has 0 radical (unpaired) electrons. The number of aliphatic hydroxyl groups excluding tert-OH is 2. The van der Waals surface area contributed by atoms with Crippen molar-refractivity contribution in [1.29, 1.82) is 0 Å². The molecule has 6 unspecified atom stereocenters. The predicted octanol–water partition coefficient (Wildman–Crippen LogP) is -2.28. The molecule has 0 aliphatic carbocycles. The van der Waals surface area contributed by atoms with Crippen molar-refractivity contribution in [3.05, 3.63) is 35.9 Å². The van der Waals surface area contributed by atoms with Gasteiger partial charge in [-0.25, -0.2) is 4.79 Å². The summed E-state index contributed by atoms with van der Waals surface area (Å²) in [5, 5.41) is 44.7. The van der Waals surface area contributed by atoms with Gasteiger partial charge in [0.1, 0.15) is 24.2 Å². The maximum Gasteiger partial charge on any atom is 0.326 e. The predicted molar refractivity (Wildman–Crippen MR) is 122 cm³/mol. The molecular weight excluding hydrogens is 464 g/mol. The van der Waals surface area contributed by atoms with Crippen LogP contribution in [0, 0.1) is 0 Å². The first-order valence-electron chi connectivity index (χ1n) is 10.8.